The molecule has 0 aliphatic rings. The molecule has 0 bridgehead atoms. The Labute approximate surface area is 99.6 Å². The number of hydrogen-bond donors (Lipinski definition) is 1. The van der Waals surface area contributed by atoms with E-state index in [0.717, 1.165) is 22.8 Å². The van der Waals surface area contributed by atoms with Gasteiger partial charge in [-0.2, -0.15) is 0 Å². The highest BCUT2D eigenvalue weighted by Crippen LogP contribution is 2.35. The van der Waals surface area contributed by atoms with Crippen LogP contribution in [0.1, 0.15) is 22.8 Å². The van der Waals surface area contributed by atoms with Gasteiger partial charge in [0.1, 0.15) is 0 Å². The van der Waals surface area contributed by atoms with E-state index in [0.29, 0.717) is 12.0 Å². The molecule has 88 valence electrons. The Kier molecular flexibility index (Phi) is 3.00. The monoisotopic (exact) mass is 230 g/mol. The first-order valence-corrected chi connectivity index (χ1v) is 5.49. The normalized spacial score (nSPS) is 10.5. The van der Waals surface area contributed by atoms with Crippen LogP contribution in [0.3, 0.4) is 0 Å². The van der Waals surface area contributed by atoms with Crippen molar-refractivity contribution in [3.63, 3.8) is 0 Å². The van der Waals surface area contributed by atoms with Crippen molar-refractivity contribution in [1.82, 2.24) is 0 Å². The number of phenols is 1. The highest BCUT2D eigenvalue weighted by molar-refractivity contribution is 6.02. The Morgan fingerprint density at radius 2 is 2.12 bits per heavy atom. The van der Waals surface area contributed by atoms with Crippen LogP contribution in [0.5, 0.6) is 11.5 Å². The van der Waals surface area contributed by atoms with Crippen LogP contribution in [0.4, 0.5) is 0 Å². The van der Waals surface area contributed by atoms with Crippen LogP contribution in [0, 0.1) is 0 Å². The molecule has 2 aromatic rings. The van der Waals surface area contributed by atoms with Crippen LogP contribution in [-0.2, 0) is 6.42 Å². The fourth-order valence-corrected chi connectivity index (χ4v) is 1.93. The van der Waals surface area contributed by atoms with Gasteiger partial charge in [0.15, 0.2) is 17.8 Å². The molecular weight excluding hydrogens is 216 g/mol. The molecular formula is C14H14O3. The average Bonchev–Trinajstić information content (AvgIpc) is 2.37. The fourth-order valence-electron chi connectivity index (χ4n) is 1.93. The fraction of sp³-hybridized carbons (Fsp3) is 0.214. The molecule has 0 spiro atoms. The number of methoxy groups -OCH3 is 1. The number of aldehydes is 1. The van der Waals surface area contributed by atoms with Crippen molar-refractivity contribution >= 4 is 17.1 Å². The zero-order chi connectivity index (χ0) is 12.4. The Morgan fingerprint density at radius 3 is 2.71 bits per heavy atom. The number of ether oxygens (including phenoxy) is 1. The lowest BCUT2D eigenvalue weighted by Gasteiger charge is -2.10. The highest BCUT2D eigenvalue weighted by Gasteiger charge is 2.12. The number of carbonyl (C=O) groups excluding carboxylic acids is 1. The SMILES string of the molecule is CCc1ccc2cc(OC)c(O)c(C=O)c2c1. The lowest BCUT2D eigenvalue weighted by Crippen LogP contribution is -1.92. The van der Waals surface area contributed by atoms with Gasteiger partial charge in [-0.05, 0) is 28.8 Å². The van der Waals surface area contributed by atoms with E-state index in [-0.39, 0.29) is 11.3 Å². The first-order valence-electron chi connectivity index (χ1n) is 5.49. The Balaban J connectivity index is 2.83. The van der Waals surface area contributed by atoms with Crippen molar-refractivity contribution in [2.24, 2.45) is 0 Å². The molecule has 2 rings (SSSR count). The van der Waals surface area contributed by atoms with E-state index in [1.807, 2.05) is 25.1 Å². The molecule has 0 saturated carbocycles. The zero-order valence-corrected chi connectivity index (χ0v) is 9.86. The van der Waals surface area contributed by atoms with Crippen LogP contribution in [-0.4, -0.2) is 18.5 Å². The molecule has 0 amide bonds. The number of hydrogen-bond acceptors (Lipinski definition) is 3. The maximum Gasteiger partial charge on any atom is 0.169 e. The Morgan fingerprint density at radius 1 is 1.35 bits per heavy atom. The topological polar surface area (TPSA) is 46.5 Å². The molecule has 0 aromatic heterocycles. The summed E-state index contributed by atoms with van der Waals surface area (Å²) in [4.78, 5) is 11.1. The summed E-state index contributed by atoms with van der Waals surface area (Å²) in [6.45, 7) is 2.05. The zero-order valence-electron chi connectivity index (χ0n) is 9.86. The van der Waals surface area contributed by atoms with Crippen LogP contribution in [0.15, 0.2) is 24.3 Å². The lowest BCUT2D eigenvalue weighted by atomic mass is 10.00. The number of benzene rings is 2. The van der Waals surface area contributed by atoms with Gasteiger partial charge < -0.3 is 9.84 Å². The summed E-state index contributed by atoms with van der Waals surface area (Å²) in [6.07, 6.45) is 1.56. The predicted molar refractivity (Wildman–Crippen MR) is 66.9 cm³/mol. The van der Waals surface area contributed by atoms with E-state index in [1.165, 1.54) is 7.11 Å². The minimum atomic E-state index is -0.0942. The lowest BCUT2D eigenvalue weighted by molar-refractivity contribution is 0.112. The van der Waals surface area contributed by atoms with Crippen LogP contribution >= 0.6 is 0 Å². The van der Waals surface area contributed by atoms with E-state index >= 15 is 0 Å². The van der Waals surface area contributed by atoms with Crippen LogP contribution in [0.2, 0.25) is 0 Å². The quantitative estimate of drug-likeness (QED) is 0.824. The van der Waals surface area contributed by atoms with Crippen molar-refractivity contribution in [2.75, 3.05) is 7.11 Å². The molecule has 0 fully saturated rings. The van der Waals surface area contributed by atoms with Crippen molar-refractivity contribution < 1.29 is 14.6 Å². The summed E-state index contributed by atoms with van der Waals surface area (Å²) in [7, 11) is 1.47. The first-order chi connectivity index (χ1) is 8.21. The second-order valence-corrected chi connectivity index (χ2v) is 3.87. The molecule has 3 nitrogen and oxygen atoms in total. The van der Waals surface area contributed by atoms with Gasteiger partial charge in [-0.15, -0.1) is 0 Å². The summed E-state index contributed by atoms with van der Waals surface area (Å²) in [5.74, 6) is 0.229. The van der Waals surface area contributed by atoms with Crippen LogP contribution in [0.25, 0.3) is 10.8 Å². The van der Waals surface area contributed by atoms with Gasteiger partial charge in [0, 0.05) is 0 Å². The third-order valence-electron chi connectivity index (χ3n) is 2.93. The summed E-state index contributed by atoms with van der Waals surface area (Å²) in [5.41, 5.74) is 1.42. The van der Waals surface area contributed by atoms with E-state index < -0.39 is 0 Å². The van der Waals surface area contributed by atoms with Gasteiger partial charge in [0.25, 0.3) is 0 Å². The molecule has 3 heteroatoms. The number of rotatable bonds is 3. The van der Waals surface area contributed by atoms with Crippen molar-refractivity contribution in [3.05, 3.63) is 35.4 Å². The maximum absolute atomic E-state index is 11.1. The van der Waals surface area contributed by atoms with Crippen molar-refractivity contribution in [2.45, 2.75) is 13.3 Å². The van der Waals surface area contributed by atoms with Gasteiger partial charge >= 0.3 is 0 Å². The molecule has 0 heterocycles. The van der Waals surface area contributed by atoms with Gasteiger partial charge in [0.05, 0.1) is 12.7 Å². The molecule has 0 atom stereocenters. The summed E-state index contributed by atoms with van der Waals surface area (Å²) in [5, 5.41) is 11.5. The van der Waals surface area contributed by atoms with E-state index in [1.54, 1.807) is 6.07 Å². The summed E-state index contributed by atoms with van der Waals surface area (Å²) >= 11 is 0. The van der Waals surface area contributed by atoms with Crippen molar-refractivity contribution in [1.29, 1.82) is 0 Å². The number of carbonyl (C=O) groups is 1. The number of aromatic hydroxyl groups is 1. The number of phenolic OH excluding ortho intramolecular Hbond substituents is 1. The summed E-state index contributed by atoms with van der Waals surface area (Å²) < 4.78 is 5.04. The predicted octanol–water partition coefficient (Wildman–Crippen LogP) is 2.93. The summed E-state index contributed by atoms with van der Waals surface area (Å²) in [6, 6.07) is 7.60. The number of aryl methyl sites for hydroxylation is 1. The highest BCUT2D eigenvalue weighted by atomic mass is 16.5. The van der Waals surface area contributed by atoms with Crippen LogP contribution < -0.4 is 4.74 Å². The van der Waals surface area contributed by atoms with Crippen molar-refractivity contribution in [3.8, 4) is 11.5 Å². The Hall–Kier alpha value is -2.03. The van der Waals surface area contributed by atoms with Gasteiger partial charge in [-0.3, -0.25) is 4.79 Å². The second kappa shape index (κ2) is 4.45. The smallest absolute Gasteiger partial charge is 0.169 e. The molecule has 1 N–H and O–H groups in total. The molecule has 0 radical (unpaired) electrons. The largest absolute Gasteiger partial charge is 0.504 e. The third-order valence-corrected chi connectivity index (χ3v) is 2.93. The van der Waals surface area contributed by atoms with E-state index in [2.05, 4.69) is 0 Å². The molecule has 2 aromatic carbocycles. The number of fused-ring (bicyclic) bond motifs is 1. The molecule has 0 aliphatic heterocycles. The average molecular weight is 230 g/mol. The second-order valence-electron chi connectivity index (χ2n) is 3.87. The maximum atomic E-state index is 11.1. The molecule has 0 aliphatic carbocycles. The first kappa shape index (κ1) is 11.5. The minimum Gasteiger partial charge on any atom is -0.504 e. The van der Waals surface area contributed by atoms with E-state index in [4.69, 9.17) is 4.74 Å². The minimum absolute atomic E-state index is 0.0942. The molecule has 0 unspecified atom stereocenters. The third kappa shape index (κ3) is 1.84. The standard InChI is InChI=1S/C14H14O3/c1-3-9-4-5-10-7-13(17-2)14(16)12(8-15)11(10)6-9/h4-8,16H,3H2,1-2H3. The molecule has 0 saturated heterocycles. The van der Waals surface area contributed by atoms with Gasteiger partial charge in [0.2, 0.25) is 0 Å². The Bertz CT molecular complexity index is 573. The van der Waals surface area contributed by atoms with Gasteiger partial charge in [-0.25, -0.2) is 0 Å². The van der Waals surface area contributed by atoms with E-state index in [9.17, 15) is 9.90 Å². The molecule has 17 heavy (non-hydrogen) atoms. The van der Waals surface area contributed by atoms with Gasteiger partial charge in [-0.1, -0.05) is 25.1 Å².